The lowest BCUT2D eigenvalue weighted by atomic mass is 9.45. The van der Waals surface area contributed by atoms with E-state index in [1.54, 1.807) is 11.3 Å². The van der Waals surface area contributed by atoms with Crippen LogP contribution in [0.1, 0.15) is 64.3 Å². The number of hydrogen-bond donors (Lipinski definition) is 2. The Hall–Kier alpha value is -1.13. The van der Waals surface area contributed by atoms with Crippen LogP contribution in [-0.4, -0.2) is 21.3 Å². The van der Waals surface area contributed by atoms with Crippen LogP contribution in [-0.2, 0) is 0 Å². The van der Waals surface area contributed by atoms with Gasteiger partial charge in [0.05, 0.1) is 11.9 Å². The number of aliphatic hydroxyl groups excluding tert-OH is 2. The third kappa shape index (κ3) is 2.38. The predicted molar refractivity (Wildman–Crippen MR) is 109 cm³/mol. The monoisotopic (exact) mass is 385 g/mol. The van der Waals surface area contributed by atoms with Crippen molar-refractivity contribution in [2.75, 3.05) is 0 Å². The van der Waals surface area contributed by atoms with Gasteiger partial charge >= 0.3 is 0 Å². The first-order valence-electron chi connectivity index (χ1n) is 10.6. The maximum atomic E-state index is 11.0. The van der Waals surface area contributed by atoms with Crippen LogP contribution in [0.3, 0.4) is 0 Å². The molecule has 1 heterocycles. The van der Waals surface area contributed by atoms with E-state index in [4.69, 9.17) is 0 Å². The van der Waals surface area contributed by atoms with Crippen molar-refractivity contribution in [3.05, 3.63) is 34.0 Å². The standard InChI is InChI=1S/C23H31NO2S/c1-13-10-14-11-15(25)4-6-22(14,2)16-5-7-23(3)17(19(13)16)12-18(26)20(23)21-24-8-9-27-21/h8-10,13,15-17,19,25-26H,4-7,11-12H2,1-3H3/t13?,15?,16-,17+,19-,22+,23+/m1/s1. The van der Waals surface area contributed by atoms with Gasteiger partial charge in [-0.25, -0.2) is 4.98 Å². The number of thiazole rings is 1. The summed E-state index contributed by atoms with van der Waals surface area (Å²) in [4.78, 5) is 4.56. The van der Waals surface area contributed by atoms with Gasteiger partial charge in [-0.3, -0.25) is 0 Å². The third-order valence-electron chi connectivity index (χ3n) is 8.72. The van der Waals surface area contributed by atoms with Crippen molar-refractivity contribution in [2.24, 2.45) is 34.5 Å². The molecule has 27 heavy (non-hydrogen) atoms. The molecule has 2 unspecified atom stereocenters. The summed E-state index contributed by atoms with van der Waals surface area (Å²) >= 11 is 1.66. The minimum atomic E-state index is -0.157. The molecule has 0 bridgehead atoms. The van der Waals surface area contributed by atoms with Gasteiger partial charge in [-0.15, -0.1) is 11.3 Å². The van der Waals surface area contributed by atoms with Gasteiger partial charge < -0.3 is 10.2 Å². The zero-order valence-electron chi connectivity index (χ0n) is 16.6. The topological polar surface area (TPSA) is 53.4 Å². The van der Waals surface area contributed by atoms with Gasteiger partial charge in [0, 0.05) is 29.0 Å². The summed E-state index contributed by atoms with van der Waals surface area (Å²) in [7, 11) is 0. The Morgan fingerprint density at radius 2 is 1.89 bits per heavy atom. The van der Waals surface area contributed by atoms with Crippen LogP contribution in [0.15, 0.2) is 29.0 Å². The molecule has 4 heteroatoms. The first kappa shape index (κ1) is 17.9. The van der Waals surface area contributed by atoms with Gasteiger partial charge in [-0.2, -0.15) is 0 Å². The van der Waals surface area contributed by atoms with Crippen molar-refractivity contribution in [3.63, 3.8) is 0 Å². The summed E-state index contributed by atoms with van der Waals surface area (Å²) in [5.74, 6) is 2.86. The van der Waals surface area contributed by atoms with Gasteiger partial charge in [0.15, 0.2) is 0 Å². The van der Waals surface area contributed by atoms with Gasteiger partial charge in [0.25, 0.3) is 0 Å². The fourth-order valence-corrected chi connectivity index (χ4v) is 8.21. The van der Waals surface area contributed by atoms with E-state index in [2.05, 4.69) is 31.8 Å². The molecule has 2 saturated carbocycles. The van der Waals surface area contributed by atoms with Crippen LogP contribution >= 0.6 is 11.3 Å². The zero-order valence-corrected chi connectivity index (χ0v) is 17.4. The van der Waals surface area contributed by atoms with Crippen molar-refractivity contribution in [2.45, 2.75) is 65.4 Å². The third-order valence-corrected chi connectivity index (χ3v) is 9.51. The summed E-state index contributed by atoms with van der Waals surface area (Å²) in [5, 5.41) is 24.2. The number of nitrogens with zero attached hydrogens (tertiary/aromatic N) is 1. The van der Waals surface area contributed by atoms with E-state index in [0.717, 1.165) is 42.7 Å². The molecule has 146 valence electrons. The van der Waals surface area contributed by atoms with Gasteiger partial charge in [0.2, 0.25) is 0 Å². The number of aromatic nitrogens is 1. The van der Waals surface area contributed by atoms with Crippen molar-refractivity contribution in [1.29, 1.82) is 0 Å². The van der Waals surface area contributed by atoms with Crippen LogP contribution in [0.25, 0.3) is 5.57 Å². The summed E-state index contributed by atoms with van der Waals surface area (Å²) in [6.07, 6.45) is 10.2. The number of aliphatic hydroxyl groups is 2. The Morgan fingerprint density at radius 3 is 2.63 bits per heavy atom. The van der Waals surface area contributed by atoms with Gasteiger partial charge in [0.1, 0.15) is 5.01 Å². The summed E-state index contributed by atoms with van der Waals surface area (Å²) in [6.45, 7) is 7.21. The van der Waals surface area contributed by atoms with Crippen molar-refractivity contribution in [1.82, 2.24) is 4.98 Å². The first-order chi connectivity index (χ1) is 12.8. The highest BCUT2D eigenvalue weighted by atomic mass is 32.1. The molecular weight excluding hydrogens is 354 g/mol. The molecule has 2 N–H and O–H groups in total. The molecule has 4 aliphatic rings. The Labute approximate surface area is 166 Å². The van der Waals surface area contributed by atoms with Gasteiger partial charge in [-0.05, 0) is 61.2 Å². The number of fused-ring (bicyclic) bond motifs is 5. The Bertz CT molecular complexity index is 812. The minimum absolute atomic E-state index is 0.0350. The second-order valence-corrected chi connectivity index (χ2v) is 10.9. The average molecular weight is 386 g/mol. The molecule has 1 aromatic heterocycles. The predicted octanol–water partition coefficient (Wildman–Crippen LogP) is 5.59. The molecule has 4 aliphatic carbocycles. The summed E-state index contributed by atoms with van der Waals surface area (Å²) in [5.41, 5.74) is 2.91. The van der Waals surface area contributed by atoms with Crippen molar-refractivity contribution >= 4 is 16.9 Å². The van der Waals surface area contributed by atoms with Crippen molar-refractivity contribution < 1.29 is 10.2 Å². The lowest BCUT2D eigenvalue weighted by Crippen LogP contribution is -2.52. The highest BCUT2D eigenvalue weighted by molar-refractivity contribution is 7.10. The Morgan fingerprint density at radius 1 is 1.11 bits per heavy atom. The molecule has 1 aromatic rings. The molecule has 7 atom stereocenters. The fourth-order valence-electron chi connectivity index (χ4n) is 7.37. The molecule has 0 spiro atoms. The Balaban J connectivity index is 1.55. The average Bonchev–Trinajstić information content (AvgIpc) is 3.21. The van der Waals surface area contributed by atoms with Crippen LogP contribution in [0.2, 0.25) is 0 Å². The summed E-state index contributed by atoms with van der Waals surface area (Å²) < 4.78 is 0. The second kappa shape index (κ2) is 5.93. The van der Waals surface area contributed by atoms with E-state index in [0.29, 0.717) is 29.4 Å². The maximum Gasteiger partial charge on any atom is 0.123 e. The van der Waals surface area contributed by atoms with E-state index in [1.165, 1.54) is 12.0 Å². The SMILES string of the molecule is CC1C=C2CC(O)CC[C@]2(C)[C@@H]2CC[C@]3(C)C(c4nccs4)=C(O)C[C@H]3[C@H]12. The van der Waals surface area contributed by atoms with Crippen LogP contribution in [0, 0.1) is 34.5 Å². The number of hydrogen-bond acceptors (Lipinski definition) is 4. The minimum Gasteiger partial charge on any atom is -0.512 e. The fraction of sp³-hybridized carbons (Fsp3) is 0.696. The summed E-state index contributed by atoms with van der Waals surface area (Å²) in [6, 6.07) is 0. The van der Waals surface area contributed by atoms with Crippen LogP contribution in [0.4, 0.5) is 0 Å². The first-order valence-corrected chi connectivity index (χ1v) is 11.4. The highest BCUT2D eigenvalue weighted by Gasteiger charge is 2.60. The van der Waals surface area contributed by atoms with E-state index < -0.39 is 0 Å². The molecule has 5 rings (SSSR count). The largest absolute Gasteiger partial charge is 0.512 e. The lowest BCUT2D eigenvalue weighted by Gasteiger charge is -2.59. The van der Waals surface area contributed by atoms with E-state index in [-0.39, 0.29) is 16.9 Å². The van der Waals surface area contributed by atoms with Crippen LogP contribution in [0.5, 0.6) is 0 Å². The zero-order chi connectivity index (χ0) is 19.0. The smallest absolute Gasteiger partial charge is 0.123 e. The quantitative estimate of drug-likeness (QED) is 0.619. The van der Waals surface area contributed by atoms with Gasteiger partial charge in [-0.1, -0.05) is 32.4 Å². The molecule has 0 amide bonds. The normalized spacial score (nSPS) is 46.5. The lowest BCUT2D eigenvalue weighted by molar-refractivity contribution is -0.0437. The molecule has 0 saturated heterocycles. The number of allylic oxidation sites excluding steroid dienone is 3. The molecule has 0 aliphatic heterocycles. The van der Waals surface area contributed by atoms with E-state index in [1.807, 2.05) is 11.6 Å². The molecule has 0 radical (unpaired) electrons. The van der Waals surface area contributed by atoms with Crippen molar-refractivity contribution in [3.8, 4) is 0 Å². The molecule has 0 aromatic carbocycles. The number of rotatable bonds is 1. The second-order valence-electron chi connectivity index (χ2n) is 9.97. The van der Waals surface area contributed by atoms with Crippen LogP contribution < -0.4 is 0 Å². The maximum absolute atomic E-state index is 11.0. The van der Waals surface area contributed by atoms with E-state index in [9.17, 15) is 10.2 Å². The highest BCUT2D eigenvalue weighted by Crippen LogP contribution is 2.68. The Kier molecular flexibility index (Phi) is 3.94. The molecule has 2 fully saturated rings. The van der Waals surface area contributed by atoms with E-state index >= 15 is 0 Å². The molecule has 3 nitrogen and oxygen atoms in total. The molecular formula is C23H31NO2S.